The van der Waals surface area contributed by atoms with Gasteiger partial charge < -0.3 is 9.84 Å². The molecular formula is C23H17Cl3N2O4S. The topological polar surface area (TPSA) is 80.9 Å². The normalized spacial score (nSPS) is 15.9. The predicted octanol–water partition coefficient (Wildman–Crippen LogP) is 4.46. The minimum atomic E-state index is -0.753. The maximum atomic E-state index is 13.5. The lowest BCUT2D eigenvalue weighted by Gasteiger charge is -2.24. The van der Waals surface area contributed by atoms with Crippen LogP contribution in [0, 0.1) is 0 Å². The van der Waals surface area contributed by atoms with Crippen LogP contribution in [0.5, 0.6) is 5.75 Å². The number of carbonyl (C=O) groups excluding carboxylic acids is 1. The molecule has 1 aromatic heterocycles. The van der Waals surface area contributed by atoms with Crippen LogP contribution in [0.4, 0.5) is 0 Å². The Morgan fingerprint density at radius 1 is 1.21 bits per heavy atom. The summed E-state index contributed by atoms with van der Waals surface area (Å²) in [4.78, 5) is 31.3. The van der Waals surface area contributed by atoms with E-state index < -0.39 is 12.0 Å². The Balaban J connectivity index is 1.98. The lowest BCUT2D eigenvalue weighted by Crippen LogP contribution is -2.39. The monoisotopic (exact) mass is 522 g/mol. The van der Waals surface area contributed by atoms with Gasteiger partial charge in [0.25, 0.3) is 5.56 Å². The molecule has 0 unspecified atom stereocenters. The molecule has 0 saturated carbocycles. The standard InChI is InChI=1S/C23H17Cl3N2O4S/c1-3-32-22(31)18-11(2)27-23-28(19(18)12-4-6-14(24)7-5-12)21(30)17(33-23)9-13-8-15(25)10-16(26)20(13)29/h4-10,19,29H,3H2,1-2H3/b17-9+/t19-/m1/s1. The molecule has 2 heterocycles. The van der Waals surface area contributed by atoms with Gasteiger partial charge in [-0.05, 0) is 49.8 Å². The van der Waals surface area contributed by atoms with E-state index in [1.54, 1.807) is 38.1 Å². The Bertz CT molecular complexity index is 1470. The number of carbonyl (C=O) groups is 1. The summed E-state index contributed by atoms with van der Waals surface area (Å²) in [6, 6.07) is 9.05. The third kappa shape index (κ3) is 4.46. The van der Waals surface area contributed by atoms with Crippen LogP contribution in [0.2, 0.25) is 15.1 Å². The Hall–Kier alpha value is -2.58. The fourth-order valence-corrected chi connectivity index (χ4v) is 5.26. The lowest BCUT2D eigenvalue weighted by molar-refractivity contribution is -0.139. The number of allylic oxidation sites excluding steroid dienone is 1. The number of rotatable bonds is 4. The van der Waals surface area contributed by atoms with E-state index in [-0.39, 0.29) is 28.5 Å². The highest BCUT2D eigenvalue weighted by Crippen LogP contribution is 2.33. The zero-order valence-electron chi connectivity index (χ0n) is 17.4. The summed E-state index contributed by atoms with van der Waals surface area (Å²) in [5.74, 6) is -0.739. The zero-order valence-corrected chi connectivity index (χ0v) is 20.5. The van der Waals surface area contributed by atoms with Gasteiger partial charge in [0.05, 0.1) is 33.5 Å². The van der Waals surface area contributed by atoms with Crippen molar-refractivity contribution < 1.29 is 14.6 Å². The second-order valence-electron chi connectivity index (χ2n) is 7.18. The molecule has 3 aromatic rings. The van der Waals surface area contributed by atoms with Gasteiger partial charge in [-0.3, -0.25) is 9.36 Å². The molecule has 2 aromatic carbocycles. The maximum absolute atomic E-state index is 13.5. The first kappa shape index (κ1) is 23.6. The molecule has 33 heavy (non-hydrogen) atoms. The van der Waals surface area contributed by atoms with Crippen molar-refractivity contribution in [1.29, 1.82) is 0 Å². The first-order valence-corrected chi connectivity index (χ1v) is 11.8. The number of ether oxygens (including phenoxy) is 1. The van der Waals surface area contributed by atoms with E-state index in [4.69, 9.17) is 39.5 Å². The van der Waals surface area contributed by atoms with Crippen molar-refractivity contribution in [2.45, 2.75) is 19.9 Å². The molecule has 10 heteroatoms. The highest BCUT2D eigenvalue weighted by atomic mass is 35.5. The van der Waals surface area contributed by atoms with Gasteiger partial charge in [-0.15, -0.1) is 0 Å². The molecule has 0 saturated heterocycles. The molecule has 4 rings (SSSR count). The number of hydrogen-bond acceptors (Lipinski definition) is 6. The van der Waals surface area contributed by atoms with E-state index in [2.05, 4.69) is 4.99 Å². The first-order valence-electron chi connectivity index (χ1n) is 9.84. The summed E-state index contributed by atoms with van der Waals surface area (Å²) in [6.07, 6.45) is 1.50. The molecule has 0 bridgehead atoms. The molecule has 6 nitrogen and oxygen atoms in total. The van der Waals surface area contributed by atoms with Crippen molar-refractivity contribution in [3.63, 3.8) is 0 Å². The van der Waals surface area contributed by atoms with Gasteiger partial charge in [-0.25, -0.2) is 9.79 Å². The van der Waals surface area contributed by atoms with E-state index >= 15 is 0 Å². The lowest BCUT2D eigenvalue weighted by atomic mass is 9.96. The fourth-order valence-electron chi connectivity index (χ4n) is 3.59. The molecule has 0 fully saturated rings. The van der Waals surface area contributed by atoms with E-state index in [9.17, 15) is 14.7 Å². The highest BCUT2D eigenvalue weighted by Gasteiger charge is 2.33. The van der Waals surface area contributed by atoms with Crippen LogP contribution in [0.15, 0.2) is 57.5 Å². The van der Waals surface area contributed by atoms with E-state index in [0.717, 1.165) is 11.3 Å². The molecule has 0 radical (unpaired) electrons. The van der Waals surface area contributed by atoms with Crippen LogP contribution >= 0.6 is 46.1 Å². The van der Waals surface area contributed by atoms with Crippen molar-refractivity contribution in [3.8, 4) is 5.75 Å². The quantitative estimate of drug-likeness (QED) is 0.512. The van der Waals surface area contributed by atoms with E-state index in [1.165, 1.54) is 22.8 Å². The van der Waals surface area contributed by atoms with Gasteiger partial charge in [0, 0.05) is 15.6 Å². The molecule has 1 atom stereocenters. The number of aromatic nitrogens is 1. The maximum Gasteiger partial charge on any atom is 0.338 e. The number of fused-ring (bicyclic) bond motifs is 1. The number of nitrogens with zero attached hydrogens (tertiary/aromatic N) is 2. The first-order chi connectivity index (χ1) is 15.7. The number of esters is 1. The van der Waals surface area contributed by atoms with Crippen molar-refractivity contribution in [2.24, 2.45) is 4.99 Å². The Labute approximate surface area is 207 Å². The fraction of sp³-hybridized carbons (Fsp3) is 0.174. The van der Waals surface area contributed by atoms with Crippen molar-refractivity contribution in [3.05, 3.63) is 93.6 Å². The number of phenolic OH excluding ortho intramolecular Hbond substituents is 1. The summed E-state index contributed by atoms with van der Waals surface area (Å²) in [5, 5.41) is 11.2. The molecule has 170 valence electrons. The molecule has 0 amide bonds. The molecule has 1 N–H and O–H groups in total. The molecule has 1 aliphatic heterocycles. The largest absolute Gasteiger partial charge is 0.506 e. The Morgan fingerprint density at radius 3 is 2.58 bits per heavy atom. The molecular weight excluding hydrogens is 507 g/mol. The number of halogens is 3. The van der Waals surface area contributed by atoms with Crippen LogP contribution in [-0.4, -0.2) is 22.2 Å². The number of benzene rings is 2. The second-order valence-corrected chi connectivity index (χ2v) is 9.47. The third-order valence-electron chi connectivity index (χ3n) is 5.05. The smallest absolute Gasteiger partial charge is 0.338 e. The number of phenols is 1. The Kier molecular flexibility index (Phi) is 6.68. The average Bonchev–Trinajstić information content (AvgIpc) is 3.06. The van der Waals surface area contributed by atoms with Crippen LogP contribution in [-0.2, 0) is 9.53 Å². The minimum Gasteiger partial charge on any atom is -0.506 e. The minimum absolute atomic E-state index is 0.0704. The average molecular weight is 524 g/mol. The van der Waals surface area contributed by atoms with Gasteiger partial charge in [0.2, 0.25) is 0 Å². The van der Waals surface area contributed by atoms with Crippen LogP contribution in [0.1, 0.15) is 31.0 Å². The predicted molar refractivity (Wildman–Crippen MR) is 130 cm³/mol. The Morgan fingerprint density at radius 2 is 1.91 bits per heavy atom. The molecule has 1 aliphatic rings. The number of hydrogen-bond donors (Lipinski definition) is 1. The van der Waals surface area contributed by atoms with Crippen molar-refractivity contribution in [1.82, 2.24) is 4.57 Å². The van der Waals surface area contributed by atoms with Crippen molar-refractivity contribution in [2.75, 3.05) is 6.61 Å². The summed E-state index contributed by atoms with van der Waals surface area (Å²) in [6.45, 7) is 3.60. The van der Waals surface area contributed by atoms with Crippen molar-refractivity contribution >= 4 is 58.2 Å². The highest BCUT2D eigenvalue weighted by molar-refractivity contribution is 7.07. The van der Waals surface area contributed by atoms with E-state index in [0.29, 0.717) is 36.2 Å². The summed E-state index contributed by atoms with van der Waals surface area (Å²) in [5.41, 5.74) is 1.31. The molecule has 0 aliphatic carbocycles. The van der Waals surface area contributed by atoms with Crippen LogP contribution in [0.3, 0.4) is 0 Å². The van der Waals surface area contributed by atoms with E-state index in [1.807, 2.05) is 0 Å². The summed E-state index contributed by atoms with van der Waals surface area (Å²) >= 11 is 19.3. The number of thiazole rings is 1. The van der Waals surface area contributed by atoms with Crippen LogP contribution < -0.4 is 14.9 Å². The molecule has 0 spiro atoms. The summed E-state index contributed by atoms with van der Waals surface area (Å²) < 4.78 is 7.00. The zero-order chi connectivity index (χ0) is 23.9. The van der Waals surface area contributed by atoms with Gasteiger partial charge >= 0.3 is 5.97 Å². The SMILES string of the molecule is CCOC(=O)C1=C(C)N=c2s/c(=C/c3cc(Cl)cc(Cl)c3O)c(=O)n2[C@@H]1c1ccc(Cl)cc1. The van der Waals surface area contributed by atoms with Crippen LogP contribution in [0.25, 0.3) is 6.08 Å². The second kappa shape index (κ2) is 9.35. The van der Waals surface area contributed by atoms with Gasteiger partial charge in [0.1, 0.15) is 5.75 Å². The summed E-state index contributed by atoms with van der Waals surface area (Å²) in [7, 11) is 0. The van der Waals surface area contributed by atoms with Gasteiger partial charge in [0.15, 0.2) is 4.80 Å². The third-order valence-corrected chi connectivity index (χ3v) is 6.79. The number of aromatic hydroxyl groups is 1. The van der Waals surface area contributed by atoms with Gasteiger partial charge in [-0.1, -0.05) is 58.3 Å². The van der Waals surface area contributed by atoms with Gasteiger partial charge in [-0.2, -0.15) is 0 Å².